The minimum atomic E-state index is -1.20. The van der Waals surface area contributed by atoms with Gasteiger partial charge in [-0.05, 0) is 90.5 Å². The number of hydrogen-bond acceptors (Lipinski definition) is 4. The summed E-state index contributed by atoms with van der Waals surface area (Å²) < 4.78 is 100. The number of benzene rings is 4. The van der Waals surface area contributed by atoms with E-state index >= 15 is 0 Å². The van der Waals surface area contributed by atoms with E-state index in [1.807, 2.05) is 0 Å². The maximum absolute atomic E-state index is 13.3. The topological polar surface area (TPSA) is 71.4 Å². The van der Waals surface area contributed by atoms with Crippen LogP contribution < -0.4 is 0 Å². The Morgan fingerprint density at radius 2 is 1.09 bits per heavy atom. The lowest BCUT2D eigenvalue weighted by Gasteiger charge is -1.95. The van der Waals surface area contributed by atoms with E-state index in [1.54, 1.807) is 0 Å². The second-order valence-electron chi connectivity index (χ2n) is 8.31. The molecule has 240 valence electrons. The van der Waals surface area contributed by atoms with Gasteiger partial charge in [0.05, 0.1) is 20.7 Å². The smallest absolute Gasteiger partial charge is 0.328 e. The molecular formula is C31H16Cl2F8O4S. The van der Waals surface area contributed by atoms with Crippen LogP contribution in [0, 0.1) is 46.5 Å². The fourth-order valence-corrected chi connectivity index (χ4v) is 4.71. The summed E-state index contributed by atoms with van der Waals surface area (Å²) in [6, 6.07) is 11.8. The van der Waals surface area contributed by atoms with Crippen molar-refractivity contribution >= 4 is 68.2 Å². The van der Waals surface area contributed by atoms with E-state index in [0.29, 0.717) is 0 Å². The molecule has 4 aromatic carbocycles. The first-order chi connectivity index (χ1) is 21.6. The Labute approximate surface area is 268 Å². The van der Waals surface area contributed by atoms with Gasteiger partial charge in [-0.1, -0.05) is 11.6 Å². The Kier molecular flexibility index (Phi) is 14.5. The highest BCUT2D eigenvalue weighted by Gasteiger charge is 2.20. The van der Waals surface area contributed by atoms with Crippen molar-refractivity contribution in [1.82, 2.24) is 0 Å². The number of carboxylic acids is 1. The van der Waals surface area contributed by atoms with E-state index in [-0.39, 0.29) is 37.4 Å². The van der Waals surface area contributed by atoms with Gasteiger partial charge in [0.15, 0.2) is 6.29 Å². The van der Waals surface area contributed by atoms with Crippen molar-refractivity contribution < 1.29 is 54.6 Å². The van der Waals surface area contributed by atoms with Crippen molar-refractivity contribution in [3.05, 3.63) is 146 Å². The van der Waals surface area contributed by atoms with E-state index in [2.05, 4.69) is 0 Å². The monoisotopic (exact) mass is 706 g/mol. The summed E-state index contributed by atoms with van der Waals surface area (Å²) in [6.07, 6.45) is 2.02. The molecule has 0 radical (unpaired) electrons. The fraction of sp³-hybridized carbons (Fsp3) is 0. The van der Waals surface area contributed by atoms with Crippen LogP contribution >= 0.6 is 34.5 Å². The van der Waals surface area contributed by atoms with Gasteiger partial charge in [0.2, 0.25) is 0 Å². The Morgan fingerprint density at radius 3 is 1.52 bits per heavy atom. The van der Waals surface area contributed by atoms with Crippen molar-refractivity contribution in [3.63, 3.8) is 0 Å². The van der Waals surface area contributed by atoms with E-state index in [9.17, 15) is 49.5 Å². The summed E-state index contributed by atoms with van der Waals surface area (Å²) >= 11 is 11.7. The van der Waals surface area contributed by atoms with Gasteiger partial charge in [-0.2, -0.15) is 0 Å². The Bertz CT molecular complexity index is 1860. The summed E-state index contributed by atoms with van der Waals surface area (Å²) in [5, 5.41) is 7.19. The van der Waals surface area contributed by atoms with Crippen LogP contribution in [0.15, 0.2) is 78.9 Å². The number of aldehydes is 1. The second kappa shape index (κ2) is 17.8. The SMILES string of the molecule is Fc1ccc(F)cc1.O=C(Cl)c1sc2c(F)ccc(F)c2c1Cl.O=C(O)/C=C/c1cc(F)ccc1F.O=Cc1cc(F)ccc1F. The average Bonchev–Trinajstić information content (AvgIpc) is 3.38. The van der Waals surface area contributed by atoms with E-state index < -0.39 is 57.7 Å². The van der Waals surface area contributed by atoms with Gasteiger partial charge in [-0.25, -0.2) is 39.9 Å². The number of halogens is 10. The van der Waals surface area contributed by atoms with E-state index in [0.717, 1.165) is 96.3 Å². The van der Waals surface area contributed by atoms with Gasteiger partial charge in [-0.3, -0.25) is 9.59 Å². The van der Waals surface area contributed by atoms with Crippen LogP contribution in [0.3, 0.4) is 0 Å². The lowest BCUT2D eigenvalue weighted by Crippen LogP contribution is -1.88. The number of rotatable bonds is 4. The molecule has 46 heavy (non-hydrogen) atoms. The van der Waals surface area contributed by atoms with Gasteiger partial charge < -0.3 is 5.11 Å². The summed E-state index contributed by atoms with van der Waals surface area (Å²) in [5.41, 5.74) is -0.331. The van der Waals surface area contributed by atoms with Crippen LogP contribution in [-0.4, -0.2) is 22.6 Å². The molecule has 0 amide bonds. The third-order valence-corrected chi connectivity index (χ3v) is 7.10. The maximum atomic E-state index is 13.3. The van der Waals surface area contributed by atoms with Gasteiger partial charge in [0, 0.05) is 11.6 Å². The predicted octanol–water partition coefficient (Wildman–Crippen LogP) is 10.0. The minimum Gasteiger partial charge on any atom is -0.478 e. The quantitative estimate of drug-likeness (QED) is 0.0874. The molecule has 0 saturated carbocycles. The summed E-state index contributed by atoms with van der Waals surface area (Å²) in [5.74, 6) is -5.88. The molecule has 0 fully saturated rings. The number of thiophene rings is 1. The number of fused-ring (bicyclic) bond motifs is 1. The average molecular weight is 707 g/mol. The zero-order valence-electron chi connectivity index (χ0n) is 22.5. The highest BCUT2D eigenvalue weighted by atomic mass is 35.5. The molecule has 0 aliphatic carbocycles. The zero-order chi connectivity index (χ0) is 34.6. The van der Waals surface area contributed by atoms with Crippen molar-refractivity contribution in [1.29, 1.82) is 0 Å². The standard InChI is InChI=1S/C9H2Cl2F2OS.C9H6F2O2.C7H4F2O.C6H4F2/c10-6-5-3(12)1-2-4(13)7(5)15-8(6)9(11)14;10-7-2-3-8(11)6(5-7)1-4-9(12)13;8-6-1-2-7(9)5(3-6)4-10;7-5-1-2-6(8)4-3-5/h1-2H;1-5H,(H,12,13);1-4H;1-4H/b;4-1+;;. The molecule has 0 aliphatic heterocycles. The highest BCUT2D eigenvalue weighted by molar-refractivity contribution is 7.23. The molecule has 0 unspecified atom stereocenters. The second-order valence-corrected chi connectivity index (χ2v) is 10.1. The Hall–Kier alpha value is -4.59. The van der Waals surface area contributed by atoms with Crippen LogP contribution in [-0.2, 0) is 4.79 Å². The van der Waals surface area contributed by atoms with Crippen molar-refractivity contribution in [3.8, 4) is 0 Å². The van der Waals surface area contributed by atoms with Crippen LogP contribution in [0.2, 0.25) is 5.02 Å². The van der Waals surface area contributed by atoms with E-state index in [4.69, 9.17) is 28.3 Å². The normalized spacial score (nSPS) is 10.2. The third-order valence-electron chi connectivity index (χ3n) is 5.11. The van der Waals surface area contributed by atoms with Crippen molar-refractivity contribution in [2.75, 3.05) is 0 Å². The molecule has 5 aromatic rings. The fourth-order valence-electron chi connectivity index (χ4n) is 3.06. The molecule has 0 saturated heterocycles. The highest BCUT2D eigenvalue weighted by Crippen LogP contribution is 2.39. The first kappa shape index (κ1) is 37.6. The maximum Gasteiger partial charge on any atom is 0.328 e. The number of hydrogen-bond donors (Lipinski definition) is 1. The van der Waals surface area contributed by atoms with Gasteiger partial charge in [0.25, 0.3) is 5.24 Å². The first-order valence-electron chi connectivity index (χ1n) is 12.1. The molecule has 0 bridgehead atoms. The molecular weight excluding hydrogens is 691 g/mol. The lowest BCUT2D eigenvalue weighted by molar-refractivity contribution is -0.131. The van der Waals surface area contributed by atoms with Crippen LogP contribution in [0.25, 0.3) is 16.2 Å². The molecule has 1 heterocycles. The molecule has 4 nitrogen and oxygen atoms in total. The van der Waals surface area contributed by atoms with Crippen molar-refractivity contribution in [2.45, 2.75) is 0 Å². The molecule has 0 atom stereocenters. The van der Waals surface area contributed by atoms with Gasteiger partial charge >= 0.3 is 5.97 Å². The predicted molar refractivity (Wildman–Crippen MR) is 158 cm³/mol. The summed E-state index contributed by atoms with van der Waals surface area (Å²) in [4.78, 5) is 30.9. The van der Waals surface area contributed by atoms with Gasteiger partial charge in [0.1, 0.15) is 51.4 Å². The molecule has 1 N–H and O–H groups in total. The molecule has 0 spiro atoms. The molecule has 0 aliphatic rings. The number of carbonyl (C=O) groups excluding carboxylic acids is 2. The van der Waals surface area contributed by atoms with Crippen molar-refractivity contribution in [2.24, 2.45) is 0 Å². The molecule has 5 rings (SSSR count). The number of aliphatic carboxylic acids is 1. The number of carboxylic acid groups (broad SMARTS) is 1. The zero-order valence-corrected chi connectivity index (χ0v) is 24.8. The molecule has 15 heteroatoms. The summed E-state index contributed by atoms with van der Waals surface area (Å²) in [6.45, 7) is 0. The number of carbonyl (C=O) groups is 3. The summed E-state index contributed by atoms with van der Waals surface area (Å²) in [7, 11) is 0. The lowest BCUT2D eigenvalue weighted by atomic mass is 10.2. The van der Waals surface area contributed by atoms with Crippen LogP contribution in [0.4, 0.5) is 35.1 Å². The molecule has 1 aromatic heterocycles. The first-order valence-corrected chi connectivity index (χ1v) is 13.6. The Balaban J connectivity index is 0.000000219. The van der Waals surface area contributed by atoms with Gasteiger partial charge in [-0.15, -0.1) is 11.3 Å². The largest absolute Gasteiger partial charge is 0.478 e. The van der Waals surface area contributed by atoms with Crippen LogP contribution in [0.1, 0.15) is 25.6 Å². The third kappa shape index (κ3) is 11.4. The Morgan fingerprint density at radius 1 is 0.652 bits per heavy atom. The van der Waals surface area contributed by atoms with Crippen LogP contribution in [0.5, 0.6) is 0 Å². The van der Waals surface area contributed by atoms with E-state index in [1.165, 1.54) is 0 Å². The minimum absolute atomic E-state index is 0.00370.